The number of hydrogen-bond acceptors (Lipinski definition) is 2. The van der Waals surface area contributed by atoms with Gasteiger partial charge in [0.1, 0.15) is 0 Å². The Morgan fingerprint density at radius 3 is 2.64 bits per heavy atom. The van der Waals surface area contributed by atoms with E-state index in [9.17, 15) is 9.59 Å². The quantitative estimate of drug-likeness (QED) is 0.708. The van der Waals surface area contributed by atoms with Crippen LogP contribution in [-0.2, 0) is 9.59 Å². The molecule has 4 aliphatic rings. The van der Waals surface area contributed by atoms with E-state index in [1.54, 1.807) is 0 Å². The minimum Gasteiger partial charge on any atom is -0.295 e. The Bertz CT molecular complexity index is 692. The van der Waals surface area contributed by atoms with E-state index in [2.05, 4.69) is 19.1 Å². The standard InChI is InChI=1S/C22H29FO2/c1-4-9-22(23)13-18-16-6-5-14-12-15(24)7-10-20(14,2)17(16)8-11-21(18,3)19(22)25/h5-6,12,16-18H,4,7-11,13H2,1-3H3. The molecule has 6 atom stereocenters. The number of hydrogen-bond donors (Lipinski definition) is 0. The molecule has 4 rings (SSSR count). The molecule has 0 aliphatic heterocycles. The summed E-state index contributed by atoms with van der Waals surface area (Å²) in [7, 11) is 0. The second kappa shape index (κ2) is 5.37. The average molecular weight is 344 g/mol. The Labute approximate surface area is 149 Å². The van der Waals surface area contributed by atoms with Crippen LogP contribution in [0.3, 0.4) is 0 Å². The Hall–Kier alpha value is -1.25. The van der Waals surface area contributed by atoms with Gasteiger partial charge in [0.2, 0.25) is 0 Å². The van der Waals surface area contributed by atoms with Gasteiger partial charge in [0, 0.05) is 11.8 Å². The summed E-state index contributed by atoms with van der Waals surface area (Å²) in [5, 5.41) is 0. The molecule has 0 radical (unpaired) electrons. The summed E-state index contributed by atoms with van der Waals surface area (Å²) < 4.78 is 15.5. The minimum atomic E-state index is -1.63. The summed E-state index contributed by atoms with van der Waals surface area (Å²) in [6.45, 7) is 6.25. The Morgan fingerprint density at radius 1 is 1.16 bits per heavy atom. The second-order valence-electron chi connectivity index (χ2n) is 9.34. The van der Waals surface area contributed by atoms with Crippen LogP contribution in [0.4, 0.5) is 4.39 Å². The topological polar surface area (TPSA) is 34.1 Å². The first-order valence-corrected chi connectivity index (χ1v) is 9.92. The van der Waals surface area contributed by atoms with Gasteiger partial charge in [0.25, 0.3) is 0 Å². The van der Waals surface area contributed by atoms with Gasteiger partial charge in [-0.05, 0) is 66.9 Å². The first-order valence-electron chi connectivity index (χ1n) is 9.92. The van der Waals surface area contributed by atoms with Crippen molar-refractivity contribution in [1.29, 1.82) is 0 Å². The fourth-order valence-electron chi connectivity index (χ4n) is 6.55. The fraction of sp³-hybridized carbons (Fsp3) is 0.727. The molecule has 0 amide bonds. The lowest BCUT2D eigenvalue weighted by atomic mass is 9.49. The van der Waals surface area contributed by atoms with Crippen molar-refractivity contribution in [2.45, 2.75) is 71.4 Å². The Morgan fingerprint density at radius 2 is 1.92 bits per heavy atom. The predicted molar refractivity (Wildman–Crippen MR) is 95.8 cm³/mol. The molecule has 2 saturated carbocycles. The number of halogens is 1. The molecular weight excluding hydrogens is 315 g/mol. The molecule has 3 heteroatoms. The number of carbonyl (C=O) groups excluding carboxylic acids is 2. The highest BCUT2D eigenvalue weighted by atomic mass is 19.1. The number of carbonyl (C=O) groups is 2. The molecule has 0 aromatic heterocycles. The number of rotatable bonds is 2. The maximum absolute atomic E-state index is 15.5. The van der Waals surface area contributed by atoms with Crippen molar-refractivity contribution in [1.82, 2.24) is 0 Å². The third-order valence-electron chi connectivity index (χ3n) is 8.02. The monoisotopic (exact) mass is 344 g/mol. The van der Waals surface area contributed by atoms with Crippen molar-refractivity contribution >= 4 is 11.6 Å². The van der Waals surface area contributed by atoms with E-state index in [1.165, 1.54) is 0 Å². The van der Waals surface area contributed by atoms with Gasteiger partial charge in [-0.2, -0.15) is 0 Å². The van der Waals surface area contributed by atoms with Crippen LogP contribution in [0.1, 0.15) is 65.7 Å². The molecule has 4 aliphatic carbocycles. The average Bonchev–Trinajstić information content (AvgIpc) is 2.77. The van der Waals surface area contributed by atoms with Gasteiger partial charge in [-0.1, -0.05) is 39.3 Å². The molecule has 0 aromatic rings. The van der Waals surface area contributed by atoms with Crippen molar-refractivity contribution in [2.75, 3.05) is 0 Å². The summed E-state index contributed by atoms with van der Waals surface area (Å²) in [5.74, 6) is 0.865. The minimum absolute atomic E-state index is 0.00399. The zero-order valence-electron chi connectivity index (χ0n) is 15.6. The van der Waals surface area contributed by atoms with Crippen LogP contribution in [-0.4, -0.2) is 17.2 Å². The van der Waals surface area contributed by atoms with Crippen molar-refractivity contribution in [2.24, 2.45) is 28.6 Å². The van der Waals surface area contributed by atoms with Gasteiger partial charge in [0.15, 0.2) is 17.2 Å². The third-order valence-corrected chi connectivity index (χ3v) is 8.02. The van der Waals surface area contributed by atoms with Gasteiger partial charge < -0.3 is 0 Å². The van der Waals surface area contributed by atoms with Crippen LogP contribution in [0, 0.1) is 28.6 Å². The lowest BCUT2D eigenvalue weighted by molar-refractivity contribution is -0.138. The number of fused-ring (bicyclic) bond motifs is 5. The van der Waals surface area contributed by atoms with Gasteiger partial charge in [-0.3, -0.25) is 9.59 Å². The van der Waals surface area contributed by atoms with E-state index in [0.717, 1.165) is 24.8 Å². The number of allylic oxidation sites excluding steroid dienone is 4. The van der Waals surface area contributed by atoms with Crippen molar-refractivity contribution in [3.8, 4) is 0 Å². The van der Waals surface area contributed by atoms with Crippen LogP contribution < -0.4 is 0 Å². The van der Waals surface area contributed by atoms with Crippen LogP contribution in [0.2, 0.25) is 0 Å². The molecule has 136 valence electrons. The van der Waals surface area contributed by atoms with E-state index in [1.807, 2.05) is 19.9 Å². The highest BCUT2D eigenvalue weighted by Crippen LogP contribution is 2.65. The van der Waals surface area contributed by atoms with Gasteiger partial charge in [0.05, 0.1) is 0 Å². The number of Topliss-reactive ketones (excluding diaryl/α,β-unsaturated/α-hetero) is 1. The molecule has 0 N–H and O–H groups in total. The zero-order valence-corrected chi connectivity index (χ0v) is 15.6. The summed E-state index contributed by atoms with van der Waals surface area (Å²) in [4.78, 5) is 24.8. The molecule has 0 saturated heterocycles. The maximum Gasteiger partial charge on any atom is 0.176 e. The first kappa shape index (κ1) is 17.2. The smallest absolute Gasteiger partial charge is 0.176 e. The fourth-order valence-corrected chi connectivity index (χ4v) is 6.55. The molecule has 0 bridgehead atoms. The molecule has 0 aromatic carbocycles. The summed E-state index contributed by atoms with van der Waals surface area (Å²) in [6.07, 6.45) is 10.8. The van der Waals surface area contributed by atoms with E-state index in [4.69, 9.17) is 0 Å². The van der Waals surface area contributed by atoms with Crippen LogP contribution in [0.15, 0.2) is 23.8 Å². The van der Waals surface area contributed by atoms with Crippen molar-refractivity contribution in [3.05, 3.63) is 23.8 Å². The Balaban J connectivity index is 1.74. The molecule has 2 nitrogen and oxygen atoms in total. The van der Waals surface area contributed by atoms with Crippen LogP contribution >= 0.6 is 0 Å². The summed E-state index contributed by atoms with van der Waals surface area (Å²) in [5.41, 5.74) is -0.990. The van der Waals surface area contributed by atoms with Crippen LogP contribution in [0.5, 0.6) is 0 Å². The molecule has 25 heavy (non-hydrogen) atoms. The molecule has 0 spiro atoms. The third kappa shape index (κ3) is 2.20. The largest absolute Gasteiger partial charge is 0.295 e. The van der Waals surface area contributed by atoms with Crippen LogP contribution in [0.25, 0.3) is 0 Å². The Kier molecular flexibility index (Phi) is 3.69. The molecule has 0 heterocycles. The lowest BCUT2D eigenvalue weighted by Gasteiger charge is -2.54. The maximum atomic E-state index is 15.5. The van der Waals surface area contributed by atoms with Gasteiger partial charge in [-0.25, -0.2) is 4.39 Å². The normalized spacial score (nSPS) is 48.6. The molecular formula is C22H29FO2. The van der Waals surface area contributed by atoms with Gasteiger partial charge >= 0.3 is 0 Å². The molecule has 2 fully saturated rings. The van der Waals surface area contributed by atoms with Crippen molar-refractivity contribution in [3.63, 3.8) is 0 Å². The van der Waals surface area contributed by atoms with Gasteiger partial charge in [-0.15, -0.1) is 0 Å². The summed E-state index contributed by atoms with van der Waals surface area (Å²) >= 11 is 0. The predicted octanol–water partition coefficient (Wildman–Crippen LogP) is 4.98. The van der Waals surface area contributed by atoms with E-state index in [-0.39, 0.29) is 28.8 Å². The number of ketones is 2. The highest BCUT2D eigenvalue weighted by Gasteiger charge is 2.65. The lowest BCUT2D eigenvalue weighted by Crippen LogP contribution is -2.49. The SMILES string of the molecule is CCCC1(F)CC2C3C=CC4=CC(=O)CCC4(C)C3CCC2(C)C1=O. The van der Waals surface area contributed by atoms with E-state index >= 15 is 4.39 Å². The zero-order chi connectivity index (χ0) is 18.0. The number of alkyl halides is 1. The second-order valence-corrected chi connectivity index (χ2v) is 9.34. The highest BCUT2D eigenvalue weighted by molar-refractivity contribution is 5.95. The van der Waals surface area contributed by atoms with Crippen molar-refractivity contribution < 1.29 is 14.0 Å². The molecule has 6 unspecified atom stereocenters. The first-order chi connectivity index (χ1) is 11.7. The van der Waals surface area contributed by atoms with E-state index < -0.39 is 11.1 Å². The van der Waals surface area contributed by atoms with E-state index in [0.29, 0.717) is 31.6 Å². The summed E-state index contributed by atoms with van der Waals surface area (Å²) in [6, 6.07) is 0.